The van der Waals surface area contributed by atoms with Crippen molar-refractivity contribution in [2.45, 2.75) is 38.8 Å². The van der Waals surface area contributed by atoms with Crippen LogP contribution in [0.15, 0.2) is 53.3 Å². The second-order valence-electron chi connectivity index (χ2n) is 7.48. The SMILES string of the molecule is Cc1ccc(Cn2nc(C3CCNCC3)n(Cc3ccccc3)c2=O)cc1F. The van der Waals surface area contributed by atoms with Gasteiger partial charge in [-0.15, -0.1) is 0 Å². The van der Waals surface area contributed by atoms with Gasteiger partial charge in [-0.05, 0) is 55.6 Å². The highest BCUT2D eigenvalue weighted by Gasteiger charge is 2.24. The number of nitrogens with one attached hydrogen (secondary N) is 1. The van der Waals surface area contributed by atoms with Gasteiger partial charge in [0.2, 0.25) is 0 Å². The van der Waals surface area contributed by atoms with Gasteiger partial charge in [0, 0.05) is 5.92 Å². The van der Waals surface area contributed by atoms with Crippen molar-refractivity contribution < 1.29 is 4.39 Å². The number of halogens is 1. The molecule has 0 bridgehead atoms. The molecule has 1 saturated heterocycles. The maximum absolute atomic E-state index is 13.9. The molecule has 0 aliphatic carbocycles. The summed E-state index contributed by atoms with van der Waals surface area (Å²) in [4.78, 5) is 13.1. The third-order valence-corrected chi connectivity index (χ3v) is 5.41. The predicted octanol–water partition coefficient (Wildman–Crippen LogP) is 3.06. The van der Waals surface area contributed by atoms with E-state index in [1.165, 1.54) is 10.7 Å². The Bertz CT molecular complexity index is 1000. The van der Waals surface area contributed by atoms with Crippen molar-refractivity contribution in [2.75, 3.05) is 13.1 Å². The van der Waals surface area contributed by atoms with Crippen LogP contribution >= 0.6 is 0 Å². The lowest BCUT2D eigenvalue weighted by atomic mass is 9.97. The van der Waals surface area contributed by atoms with Crippen molar-refractivity contribution in [2.24, 2.45) is 0 Å². The number of nitrogens with zero attached hydrogens (tertiary/aromatic N) is 3. The van der Waals surface area contributed by atoms with Crippen LogP contribution in [0.1, 0.15) is 41.3 Å². The van der Waals surface area contributed by atoms with Crippen molar-refractivity contribution in [3.63, 3.8) is 0 Å². The smallest absolute Gasteiger partial charge is 0.317 e. The van der Waals surface area contributed by atoms with Crippen molar-refractivity contribution in [3.8, 4) is 0 Å². The molecule has 6 heteroatoms. The Morgan fingerprint density at radius 3 is 2.54 bits per heavy atom. The zero-order valence-corrected chi connectivity index (χ0v) is 16.1. The van der Waals surface area contributed by atoms with Crippen LogP contribution in [0.5, 0.6) is 0 Å². The maximum Gasteiger partial charge on any atom is 0.346 e. The zero-order chi connectivity index (χ0) is 19.5. The molecule has 1 aromatic heterocycles. The first kappa shape index (κ1) is 18.6. The molecule has 1 aliphatic heterocycles. The molecular formula is C22H25FN4O. The summed E-state index contributed by atoms with van der Waals surface area (Å²) in [6, 6.07) is 15.0. The van der Waals surface area contributed by atoms with Crippen LogP contribution in [0.2, 0.25) is 0 Å². The van der Waals surface area contributed by atoms with Gasteiger partial charge in [-0.1, -0.05) is 42.5 Å². The van der Waals surface area contributed by atoms with Crippen molar-refractivity contribution in [1.82, 2.24) is 19.7 Å². The monoisotopic (exact) mass is 380 g/mol. The average Bonchev–Trinajstić information content (AvgIpc) is 3.02. The highest BCUT2D eigenvalue weighted by atomic mass is 19.1. The molecule has 4 rings (SSSR count). The Hall–Kier alpha value is -2.73. The summed E-state index contributed by atoms with van der Waals surface area (Å²) in [5.74, 6) is 0.837. The van der Waals surface area contributed by atoms with Gasteiger partial charge in [0.25, 0.3) is 0 Å². The fourth-order valence-corrected chi connectivity index (χ4v) is 3.77. The fraction of sp³-hybridized carbons (Fsp3) is 0.364. The molecule has 0 atom stereocenters. The molecule has 146 valence electrons. The van der Waals surface area contributed by atoms with E-state index in [-0.39, 0.29) is 24.0 Å². The molecular weight excluding hydrogens is 355 g/mol. The van der Waals surface area contributed by atoms with E-state index >= 15 is 0 Å². The quantitative estimate of drug-likeness (QED) is 0.740. The highest BCUT2D eigenvalue weighted by Crippen LogP contribution is 2.23. The number of piperidine rings is 1. The Morgan fingerprint density at radius 1 is 1.07 bits per heavy atom. The molecule has 0 spiro atoms. The molecule has 2 heterocycles. The molecule has 1 aliphatic rings. The topological polar surface area (TPSA) is 51.9 Å². The molecule has 0 saturated carbocycles. The normalized spacial score (nSPS) is 15.1. The Kier molecular flexibility index (Phi) is 5.39. The second-order valence-corrected chi connectivity index (χ2v) is 7.48. The predicted molar refractivity (Wildman–Crippen MR) is 107 cm³/mol. The van der Waals surface area contributed by atoms with Crippen LogP contribution in [-0.4, -0.2) is 27.4 Å². The summed E-state index contributed by atoms with van der Waals surface area (Å²) in [6.45, 7) is 4.37. The Labute approximate surface area is 163 Å². The van der Waals surface area contributed by atoms with Gasteiger partial charge < -0.3 is 5.32 Å². The number of rotatable bonds is 5. The molecule has 0 unspecified atom stereocenters. The summed E-state index contributed by atoms with van der Waals surface area (Å²) in [5.41, 5.74) is 2.27. The van der Waals surface area contributed by atoms with Gasteiger partial charge in [-0.3, -0.25) is 4.57 Å². The standard InChI is InChI=1S/C22H25FN4O/c1-16-7-8-18(13-20(16)23)15-27-22(28)26(14-17-5-3-2-4-6-17)21(25-27)19-9-11-24-12-10-19/h2-8,13,19,24H,9-12,14-15H2,1H3. The minimum Gasteiger partial charge on any atom is -0.317 e. The van der Waals surface area contributed by atoms with Crippen LogP contribution < -0.4 is 11.0 Å². The third kappa shape index (κ3) is 3.92. The third-order valence-electron chi connectivity index (χ3n) is 5.41. The molecule has 1 N–H and O–H groups in total. The summed E-state index contributed by atoms with van der Waals surface area (Å²) in [5, 5.41) is 8.06. The van der Waals surface area contributed by atoms with E-state index in [9.17, 15) is 9.18 Å². The molecule has 1 fully saturated rings. The van der Waals surface area contributed by atoms with Gasteiger partial charge >= 0.3 is 5.69 Å². The second kappa shape index (κ2) is 8.10. The van der Waals surface area contributed by atoms with Crippen molar-refractivity contribution >= 4 is 0 Å². The van der Waals surface area contributed by atoms with E-state index in [0.717, 1.165) is 42.9 Å². The largest absolute Gasteiger partial charge is 0.346 e. The van der Waals surface area contributed by atoms with E-state index in [1.54, 1.807) is 17.6 Å². The zero-order valence-electron chi connectivity index (χ0n) is 16.1. The summed E-state index contributed by atoms with van der Waals surface area (Å²) < 4.78 is 17.2. The van der Waals surface area contributed by atoms with Gasteiger partial charge in [-0.2, -0.15) is 5.10 Å². The van der Waals surface area contributed by atoms with E-state index in [1.807, 2.05) is 36.4 Å². The van der Waals surface area contributed by atoms with Crippen LogP contribution in [-0.2, 0) is 13.1 Å². The number of aryl methyl sites for hydroxylation is 1. The lowest BCUT2D eigenvalue weighted by Crippen LogP contribution is -2.30. The Balaban J connectivity index is 1.70. The van der Waals surface area contributed by atoms with Gasteiger partial charge in [-0.25, -0.2) is 13.9 Å². The minimum absolute atomic E-state index is 0.140. The molecule has 5 nitrogen and oxygen atoms in total. The molecule has 2 aromatic carbocycles. The molecule has 0 amide bonds. The van der Waals surface area contributed by atoms with Crippen LogP contribution in [0.4, 0.5) is 4.39 Å². The molecule has 0 radical (unpaired) electrons. The number of aromatic nitrogens is 3. The molecule has 28 heavy (non-hydrogen) atoms. The van der Waals surface area contributed by atoms with Gasteiger partial charge in [0.1, 0.15) is 11.6 Å². The summed E-state index contributed by atoms with van der Waals surface area (Å²) in [6.07, 6.45) is 1.93. The van der Waals surface area contributed by atoms with E-state index < -0.39 is 0 Å². The summed E-state index contributed by atoms with van der Waals surface area (Å²) in [7, 11) is 0. The first-order valence-corrected chi connectivity index (χ1v) is 9.79. The lowest BCUT2D eigenvalue weighted by Gasteiger charge is -2.22. The Morgan fingerprint density at radius 2 is 1.82 bits per heavy atom. The van der Waals surface area contributed by atoms with Crippen molar-refractivity contribution in [1.29, 1.82) is 0 Å². The van der Waals surface area contributed by atoms with Crippen molar-refractivity contribution in [3.05, 3.63) is 87.3 Å². The summed E-state index contributed by atoms with van der Waals surface area (Å²) >= 11 is 0. The van der Waals surface area contributed by atoms with E-state index in [2.05, 4.69) is 5.32 Å². The fourth-order valence-electron chi connectivity index (χ4n) is 3.77. The first-order valence-electron chi connectivity index (χ1n) is 9.79. The van der Waals surface area contributed by atoms with Crippen LogP contribution in [0, 0.1) is 12.7 Å². The van der Waals surface area contributed by atoms with Gasteiger partial charge in [0.05, 0.1) is 13.1 Å². The van der Waals surface area contributed by atoms with Crippen LogP contribution in [0.3, 0.4) is 0 Å². The highest BCUT2D eigenvalue weighted by molar-refractivity contribution is 5.23. The van der Waals surface area contributed by atoms with Gasteiger partial charge in [0.15, 0.2) is 0 Å². The lowest BCUT2D eigenvalue weighted by molar-refractivity contribution is 0.430. The van der Waals surface area contributed by atoms with E-state index in [0.29, 0.717) is 12.1 Å². The molecule has 3 aromatic rings. The number of benzene rings is 2. The number of hydrogen-bond donors (Lipinski definition) is 1. The maximum atomic E-state index is 13.9. The minimum atomic E-state index is -0.257. The van der Waals surface area contributed by atoms with E-state index in [4.69, 9.17) is 5.10 Å². The average molecular weight is 380 g/mol. The van der Waals surface area contributed by atoms with Crippen LogP contribution in [0.25, 0.3) is 0 Å². The number of hydrogen-bond acceptors (Lipinski definition) is 3. The first-order chi connectivity index (χ1) is 13.6.